The fraction of sp³-hybridized carbons (Fsp3) is 0.538. The first-order valence-corrected chi connectivity index (χ1v) is 6.92. The first kappa shape index (κ1) is 13.7. The number of hydrogen-bond donors (Lipinski definition) is 1. The molecule has 0 bridgehead atoms. The van der Waals surface area contributed by atoms with E-state index in [9.17, 15) is 8.78 Å². The number of anilines is 1. The molecule has 2 rings (SSSR count). The average molecular weight is 319 g/mol. The Kier molecular flexibility index (Phi) is 4.22. The summed E-state index contributed by atoms with van der Waals surface area (Å²) in [5.41, 5.74) is 0.0891. The molecule has 5 heteroatoms. The molecule has 1 N–H and O–H groups in total. The highest BCUT2D eigenvalue weighted by molar-refractivity contribution is 9.10. The van der Waals surface area contributed by atoms with Crippen molar-refractivity contribution in [3.8, 4) is 0 Å². The molecule has 1 fully saturated rings. The standard InChI is InChI=1S/C13H17BrF2N2/c1-8(2)17-10-3-4-18(7-10)13-11(15)5-9(14)6-12(13)16/h5-6,8,10,17H,3-4,7H2,1-2H3. The molecule has 0 spiro atoms. The Morgan fingerprint density at radius 2 is 1.94 bits per heavy atom. The van der Waals surface area contributed by atoms with Gasteiger partial charge < -0.3 is 10.2 Å². The third-order valence-electron chi connectivity index (χ3n) is 3.06. The Bertz CT molecular complexity index is 414. The summed E-state index contributed by atoms with van der Waals surface area (Å²) in [6.45, 7) is 5.47. The van der Waals surface area contributed by atoms with E-state index >= 15 is 0 Å². The molecular formula is C13H17BrF2N2. The number of benzene rings is 1. The second-order valence-corrected chi connectivity index (χ2v) is 5.89. The van der Waals surface area contributed by atoms with Crippen molar-refractivity contribution in [2.24, 2.45) is 0 Å². The van der Waals surface area contributed by atoms with Gasteiger partial charge in [-0.2, -0.15) is 0 Å². The van der Waals surface area contributed by atoms with Gasteiger partial charge in [-0.1, -0.05) is 29.8 Å². The zero-order valence-electron chi connectivity index (χ0n) is 10.5. The van der Waals surface area contributed by atoms with Crippen LogP contribution in [0.15, 0.2) is 16.6 Å². The molecule has 1 saturated heterocycles. The Morgan fingerprint density at radius 3 is 2.50 bits per heavy atom. The lowest BCUT2D eigenvalue weighted by atomic mass is 10.2. The van der Waals surface area contributed by atoms with E-state index in [1.165, 1.54) is 12.1 Å². The fourth-order valence-corrected chi connectivity index (χ4v) is 2.81. The summed E-state index contributed by atoms with van der Waals surface area (Å²) in [5.74, 6) is -1.01. The molecule has 0 aliphatic carbocycles. The van der Waals surface area contributed by atoms with Crippen LogP contribution >= 0.6 is 15.9 Å². The van der Waals surface area contributed by atoms with E-state index in [-0.39, 0.29) is 5.69 Å². The molecule has 100 valence electrons. The van der Waals surface area contributed by atoms with E-state index in [4.69, 9.17) is 0 Å². The molecule has 0 amide bonds. The number of halogens is 3. The van der Waals surface area contributed by atoms with Crippen LogP contribution in [-0.2, 0) is 0 Å². The van der Waals surface area contributed by atoms with Gasteiger partial charge >= 0.3 is 0 Å². The van der Waals surface area contributed by atoms with E-state index in [0.29, 0.717) is 29.6 Å². The highest BCUT2D eigenvalue weighted by Crippen LogP contribution is 2.29. The van der Waals surface area contributed by atoms with Gasteiger partial charge in [-0.3, -0.25) is 0 Å². The minimum absolute atomic E-state index is 0.0891. The van der Waals surface area contributed by atoms with Crippen LogP contribution in [0.1, 0.15) is 20.3 Å². The van der Waals surface area contributed by atoms with Crippen molar-refractivity contribution < 1.29 is 8.78 Å². The van der Waals surface area contributed by atoms with Crippen LogP contribution < -0.4 is 10.2 Å². The van der Waals surface area contributed by atoms with Gasteiger partial charge in [-0.15, -0.1) is 0 Å². The molecule has 1 aromatic carbocycles. The SMILES string of the molecule is CC(C)NC1CCN(c2c(F)cc(Br)cc2F)C1. The van der Waals surface area contributed by atoms with E-state index in [0.717, 1.165) is 6.42 Å². The maximum absolute atomic E-state index is 13.8. The van der Waals surface area contributed by atoms with Crippen molar-refractivity contribution >= 4 is 21.6 Å². The number of hydrogen-bond acceptors (Lipinski definition) is 2. The van der Waals surface area contributed by atoms with Gasteiger partial charge in [0.15, 0.2) is 11.6 Å². The van der Waals surface area contributed by atoms with Crippen molar-refractivity contribution in [3.63, 3.8) is 0 Å². The van der Waals surface area contributed by atoms with Crippen molar-refractivity contribution in [1.82, 2.24) is 5.32 Å². The van der Waals surface area contributed by atoms with E-state index < -0.39 is 11.6 Å². The predicted octanol–water partition coefficient (Wildman–Crippen LogP) is 3.30. The summed E-state index contributed by atoms with van der Waals surface area (Å²) in [6, 6.07) is 3.30. The van der Waals surface area contributed by atoms with Crippen LogP contribution in [0.3, 0.4) is 0 Å². The largest absolute Gasteiger partial charge is 0.365 e. The molecule has 1 aliphatic heterocycles. The minimum Gasteiger partial charge on any atom is -0.365 e. The third kappa shape index (κ3) is 3.01. The van der Waals surface area contributed by atoms with Crippen molar-refractivity contribution in [2.75, 3.05) is 18.0 Å². The Labute approximate surface area is 114 Å². The maximum Gasteiger partial charge on any atom is 0.150 e. The molecule has 1 aromatic rings. The predicted molar refractivity (Wildman–Crippen MR) is 72.9 cm³/mol. The average Bonchev–Trinajstić information content (AvgIpc) is 2.63. The quantitative estimate of drug-likeness (QED) is 0.920. The van der Waals surface area contributed by atoms with Gasteiger partial charge in [0.1, 0.15) is 5.69 Å². The monoisotopic (exact) mass is 318 g/mol. The summed E-state index contributed by atoms with van der Waals surface area (Å²) in [4.78, 5) is 1.77. The summed E-state index contributed by atoms with van der Waals surface area (Å²) in [7, 11) is 0. The number of rotatable bonds is 3. The molecular weight excluding hydrogens is 302 g/mol. The zero-order valence-corrected chi connectivity index (χ0v) is 12.1. The first-order chi connectivity index (χ1) is 8.47. The van der Waals surface area contributed by atoms with Gasteiger partial charge in [0, 0.05) is 29.6 Å². The van der Waals surface area contributed by atoms with Crippen molar-refractivity contribution in [2.45, 2.75) is 32.4 Å². The molecule has 1 unspecified atom stereocenters. The molecule has 0 radical (unpaired) electrons. The minimum atomic E-state index is -0.507. The van der Waals surface area contributed by atoms with Gasteiger partial charge in [0.2, 0.25) is 0 Å². The Morgan fingerprint density at radius 1 is 1.33 bits per heavy atom. The molecule has 1 aliphatic rings. The highest BCUT2D eigenvalue weighted by atomic mass is 79.9. The second-order valence-electron chi connectivity index (χ2n) is 4.97. The second kappa shape index (κ2) is 5.53. The van der Waals surface area contributed by atoms with Gasteiger partial charge in [0.05, 0.1) is 0 Å². The smallest absolute Gasteiger partial charge is 0.150 e. The fourth-order valence-electron chi connectivity index (χ4n) is 2.41. The summed E-state index contributed by atoms with van der Waals surface area (Å²) in [5, 5.41) is 3.40. The molecule has 0 saturated carbocycles. The maximum atomic E-state index is 13.8. The lowest BCUT2D eigenvalue weighted by Gasteiger charge is -2.21. The van der Waals surface area contributed by atoms with Gasteiger partial charge in [-0.25, -0.2) is 8.78 Å². The van der Waals surface area contributed by atoms with Crippen LogP contribution in [0.2, 0.25) is 0 Å². The van der Waals surface area contributed by atoms with Crippen LogP contribution in [0.4, 0.5) is 14.5 Å². The van der Waals surface area contributed by atoms with E-state index in [1.807, 2.05) is 0 Å². The van der Waals surface area contributed by atoms with E-state index in [1.54, 1.807) is 4.90 Å². The van der Waals surface area contributed by atoms with Crippen molar-refractivity contribution in [1.29, 1.82) is 0 Å². The number of nitrogens with one attached hydrogen (secondary N) is 1. The summed E-state index contributed by atoms with van der Waals surface area (Å²) < 4.78 is 28.1. The topological polar surface area (TPSA) is 15.3 Å². The van der Waals surface area contributed by atoms with Crippen LogP contribution in [-0.4, -0.2) is 25.2 Å². The lowest BCUT2D eigenvalue weighted by Crippen LogP contribution is -2.37. The molecule has 18 heavy (non-hydrogen) atoms. The van der Waals surface area contributed by atoms with Crippen LogP contribution in [0.5, 0.6) is 0 Å². The van der Waals surface area contributed by atoms with Gasteiger partial charge in [-0.05, 0) is 18.6 Å². The van der Waals surface area contributed by atoms with Crippen LogP contribution in [0, 0.1) is 11.6 Å². The molecule has 1 heterocycles. The molecule has 2 nitrogen and oxygen atoms in total. The first-order valence-electron chi connectivity index (χ1n) is 6.13. The number of nitrogens with zero attached hydrogens (tertiary/aromatic N) is 1. The van der Waals surface area contributed by atoms with Crippen LogP contribution in [0.25, 0.3) is 0 Å². The normalized spacial score (nSPS) is 19.9. The Hall–Kier alpha value is -0.680. The molecule has 0 aromatic heterocycles. The van der Waals surface area contributed by atoms with Gasteiger partial charge in [0.25, 0.3) is 0 Å². The molecule has 1 atom stereocenters. The summed E-state index contributed by atoms with van der Waals surface area (Å²) in [6.07, 6.45) is 0.910. The van der Waals surface area contributed by atoms with Crippen molar-refractivity contribution in [3.05, 3.63) is 28.2 Å². The highest BCUT2D eigenvalue weighted by Gasteiger charge is 2.27. The summed E-state index contributed by atoms with van der Waals surface area (Å²) >= 11 is 3.09. The lowest BCUT2D eigenvalue weighted by molar-refractivity contribution is 0.491. The zero-order chi connectivity index (χ0) is 13.3. The third-order valence-corrected chi connectivity index (χ3v) is 3.51. The Balaban J connectivity index is 2.14. The van der Waals surface area contributed by atoms with E-state index in [2.05, 4.69) is 35.1 Å².